The molecule has 0 saturated carbocycles. The van der Waals surface area contributed by atoms with Gasteiger partial charge in [-0.2, -0.15) is 0 Å². The molecule has 2 atom stereocenters. The Morgan fingerprint density at radius 3 is 1.42 bits per heavy atom. The smallest absolute Gasteiger partial charge is 0.463 e. The molecule has 0 aromatic carbocycles. The predicted octanol–water partition coefficient (Wildman–Crippen LogP) is 12.2. The minimum Gasteiger partial charge on any atom is -0.463 e. The molecule has 0 saturated heterocycles. The van der Waals surface area contributed by atoms with Gasteiger partial charge < -0.3 is 20.1 Å². The van der Waals surface area contributed by atoms with Crippen LogP contribution in [0.3, 0.4) is 0 Å². The van der Waals surface area contributed by atoms with Crippen LogP contribution in [0.5, 0.6) is 0 Å². The number of aliphatic hydroxyl groups is 1. The summed E-state index contributed by atoms with van der Waals surface area (Å²) in [7, 11) is -4.41. The fourth-order valence-electron chi connectivity index (χ4n) is 6.32. The minimum atomic E-state index is -4.41. The van der Waals surface area contributed by atoms with Gasteiger partial charge in [0.2, 0.25) is 5.91 Å². The Morgan fingerprint density at radius 1 is 0.566 bits per heavy atom. The summed E-state index contributed by atoms with van der Waals surface area (Å²) in [5.41, 5.74) is 0. The fraction of sp³-hybridized carbons (Fsp3) is 0.907. The third-order valence-electron chi connectivity index (χ3n) is 9.70. The number of unbranched alkanes of at least 4 members (excludes halogenated alkanes) is 27. The van der Waals surface area contributed by atoms with Gasteiger partial charge in [-0.1, -0.05) is 180 Å². The average Bonchev–Trinajstić information content (AvgIpc) is 3.14. The lowest BCUT2D eigenvalue weighted by molar-refractivity contribution is -0.147. The number of carbonyl (C=O) groups is 2. The normalized spacial score (nSPS) is 13.4. The number of hydrogen-bond donors (Lipinski definition) is 3. The van der Waals surface area contributed by atoms with Gasteiger partial charge in [0, 0.05) is 19.4 Å². The third-order valence-corrected chi connectivity index (χ3v) is 10.7. The summed E-state index contributed by atoms with van der Waals surface area (Å²) in [6.07, 6.45) is 41.4. The highest BCUT2D eigenvalue weighted by Gasteiger charge is 2.23. The zero-order valence-electron chi connectivity index (χ0n) is 34.5. The maximum Gasteiger partial charge on any atom is 0.472 e. The molecule has 0 heterocycles. The summed E-state index contributed by atoms with van der Waals surface area (Å²) in [6.45, 7) is 3.57. The van der Waals surface area contributed by atoms with Gasteiger partial charge in [0.15, 0.2) is 0 Å². The topological polar surface area (TPSA) is 131 Å². The summed E-state index contributed by atoms with van der Waals surface area (Å²) >= 11 is 0. The van der Waals surface area contributed by atoms with E-state index in [-0.39, 0.29) is 32.1 Å². The van der Waals surface area contributed by atoms with E-state index in [2.05, 4.69) is 31.3 Å². The fourth-order valence-corrected chi connectivity index (χ4v) is 7.07. The molecule has 3 N–H and O–H groups in total. The second-order valence-corrected chi connectivity index (χ2v) is 16.5. The van der Waals surface area contributed by atoms with E-state index in [4.69, 9.17) is 13.8 Å². The minimum absolute atomic E-state index is 0.0855. The molecule has 0 aromatic rings. The van der Waals surface area contributed by atoms with Crippen LogP contribution in [-0.4, -0.2) is 54.3 Å². The van der Waals surface area contributed by atoms with Crippen LogP contribution >= 0.6 is 7.82 Å². The van der Waals surface area contributed by atoms with E-state index in [1.807, 2.05) is 0 Å². The highest BCUT2D eigenvalue weighted by molar-refractivity contribution is 7.47. The van der Waals surface area contributed by atoms with Gasteiger partial charge in [-0.15, -0.1) is 0 Å². The zero-order valence-corrected chi connectivity index (χ0v) is 35.4. The second kappa shape index (κ2) is 40.4. The number of aliphatic hydroxyl groups excluding tert-OH is 1. The third kappa shape index (κ3) is 41.7. The van der Waals surface area contributed by atoms with Gasteiger partial charge in [-0.3, -0.25) is 18.6 Å². The molecule has 314 valence electrons. The Balaban J connectivity index is 3.57. The van der Waals surface area contributed by atoms with Crippen LogP contribution in [0.4, 0.5) is 0 Å². The van der Waals surface area contributed by atoms with E-state index in [0.29, 0.717) is 6.42 Å². The molecule has 2 unspecified atom stereocenters. The van der Waals surface area contributed by atoms with E-state index in [0.717, 1.165) is 57.8 Å². The molecule has 0 bridgehead atoms. The largest absolute Gasteiger partial charge is 0.472 e. The first-order valence-corrected chi connectivity index (χ1v) is 23.7. The Bertz CT molecular complexity index is 886. The van der Waals surface area contributed by atoms with Gasteiger partial charge in [-0.05, 0) is 38.5 Å². The average molecular weight is 774 g/mol. The number of nitrogens with one attached hydrogen (secondary N) is 1. The summed E-state index contributed by atoms with van der Waals surface area (Å²) in [4.78, 5) is 33.9. The van der Waals surface area contributed by atoms with E-state index in [9.17, 15) is 24.2 Å². The van der Waals surface area contributed by atoms with Crippen molar-refractivity contribution in [3.63, 3.8) is 0 Å². The van der Waals surface area contributed by atoms with Crippen molar-refractivity contribution in [3.8, 4) is 0 Å². The summed E-state index contributed by atoms with van der Waals surface area (Å²) < 4.78 is 26.9. The lowest BCUT2D eigenvalue weighted by Gasteiger charge is -2.15. The molecule has 9 nitrogen and oxygen atoms in total. The predicted molar refractivity (Wildman–Crippen MR) is 220 cm³/mol. The number of hydrogen-bond acceptors (Lipinski definition) is 7. The zero-order chi connectivity index (χ0) is 38.9. The van der Waals surface area contributed by atoms with Crippen LogP contribution in [0.2, 0.25) is 0 Å². The molecular weight excluding hydrogens is 689 g/mol. The maximum atomic E-state index is 12.1. The number of ether oxygens (including phenoxy) is 1. The number of esters is 1. The van der Waals surface area contributed by atoms with Gasteiger partial charge in [0.05, 0.1) is 13.2 Å². The molecule has 10 heteroatoms. The molecule has 0 aliphatic heterocycles. The number of allylic oxidation sites excluding steroid dienone is 2. The monoisotopic (exact) mass is 774 g/mol. The van der Waals surface area contributed by atoms with Crippen molar-refractivity contribution in [2.45, 2.75) is 225 Å². The van der Waals surface area contributed by atoms with Crippen molar-refractivity contribution in [3.05, 3.63) is 12.2 Å². The van der Waals surface area contributed by atoms with Gasteiger partial charge in [-0.25, -0.2) is 4.57 Å². The molecule has 0 radical (unpaired) electrons. The first-order chi connectivity index (χ1) is 25.8. The standard InChI is InChI=1S/C43H84NO8P/c1-3-5-7-9-11-13-15-17-19-21-23-25-27-29-31-33-35-42(46)44-37-38-51-53(48,49)52-40-41(45)39-50-43(47)36-34-32-30-28-26-24-22-20-18-16-14-12-10-8-6-4-2/h20,22,41,45H,3-19,21,23-40H2,1-2H3,(H,44,46)(H,48,49)/b22-20-. The van der Waals surface area contributed by atoms with Crippen molar-refractivity contribution in [2.75, 3.05) is 26.4 Å². The molecular formula is C43H84NO8P. The number of amides is 1. The van der Waals surface area contributed by atoms with Crippen molar-refractivity contribution < 1.29 is 37.9 Å². The van der Waals surface area contributed by atoms with E-state index in [1.165, 1.54) is 135 Å². The summed E-state index contributed by atoms with van der Waals surface area (Å²) in [5, 5.41) is 12.7. The maximum absolute atomic E-state index is 12.1. The highest BCUT2D eigenvalue weighted by atomic mass is 31.2. The van der Waals surface area contributed by atoms with Crippen LogP contribution in [-0.2, 0) is 27.9 Å². The van der Waals surface area contributed by atoms with Crippen LogP contribution in [0, 0.1) is 0 Å². The number of phosphoric acid groups is 1. The van der Waals surface area contributed by atoms with E-state index >= 15 is 0 Å². The lowest BCUT2D eigenvalue weighted by atomic mass is 10.0. The number of rotatable bonds is 42. The highest BCUT2D eigenvalue weighted by Crippen LogP contribution is 2.42. The van der Waals surface area contributed by atoms with Crippen LogP contribution in [0.25, 0.3) is 0 Å². The van der Waals surface area contributed by atoms with Crippen LogP contribution in [0.15, 0.2) is 12.2 Å². The molecule has 53 heavy (non-hydrogen) atoms. The first-order valence-electron chi connectivity index (χ1n) is 22.2. The van der Waals surface area contributed by atoms with E-state index in [1.54, 1.807) is 0 Å². The Labute approximate surface area is 326 Å². The molecule has 0 aliphatic rings. The molecule has 1 amide bonds. The summed E-state index contributed by atoms with van der Waals surface area (Å²) in [5.74, 6) is -0.516. The van der Waals surface area contributed by atoms with Crippen molar-refractivity contribution in [1.29, 1.82) is 0 Å². The SMILES string of the molecule is CCCCCCCCC/C=C\CCCCCCCC(=O)OCC(O)COP(=O)(O)OCCNC(=O)CCCCCCCCCCCCCCCCCC. The number of phosphoric ester groups is 1. The number of carbonyl (C=O) groups excluding carboxylic acids is 2. The Morgan fingerprint density at radius 2 is 0.962 bits per heavy atom. The quantitative estimate of drug-likeness (QED) is 0.0242. The first kappa shape index (κ1) is 51.8. The van der Waals surface area contributed by atoms with Crippen LogP contribution in [0.1, 0.15) is 219 Å². The van der Waals surface area contributed by atoms with Gasteiger partial charge >= 0.3 is 13.8 Å². The van der Waals surface area contributed by atoms with Crippen molar-refractivity contribution in [1.82, 2.24) is 5.32 Å². The molecule has 0 spiro atoms. The van der Waals surface area contributed by atoms with E-state index < -0.39 is 26.5 Å². The lowest BCUT2D eigenvalue weighted by Crippen LogP contribution is -2.27. The molecule has 0 fully saturated rings. The van der Waals surface area contributed by atoms with Crippen molar-refractivity contribution in [2.24, 2.45) is 0 Å². The Kier molecular flexibility index (Phi) is 39.5. The molecule has 0 aliphatic carbocycles. The van der Waals surface area contributed by atoms with Crippen LogP contribution < -0.4 is 5.32 Å². The van der Waals surface area contributed by atoms with Crippen molar-refractivity contribution >= 4 is 19.7 Å². The molecule has 0 aromatic heterocycles. The Hall–Kier alpha value is -1.25. The molecule has 0 rings (SSSR count). The van der Waals surface area contributed by atoms with Gasteiger partial charge in [0.25, 0.3) is 0 Å². The second-order valence-electron chi connectivity index (χ2n) is 15.0. The summed E-state index contributed by atoms with van der Waals surface area (Å²) in [6, 6.07) is 0. The van der Waals surface area contributed by atoms with Gasteiger partial charge in [0.1, 0.15) is 12.7 Å².